The van der Waals surface area contributed by atoms with Gasteiger partial charge in [0.05, 0.1) is 0 Å². The predicted octanol–water partition coefficient (Wildman–Crippen LogP) is 1.53. The van der Waals surface area contributed by atoms with E-state index >= 15 is 0 Å². The molecular formula is C6H10Zr+2. The van der Waals surface area contributed by atoms with Crippen molar-refractivity contribution in [3.63, 3.8) is 0 Å². The number of hydrogen-bond acceptors (Lipinski definition) is 0. The third-order valence-corrected chi connectivity index (χ3v) is 2.79. The van der Waals surface area contributed by atoms with Crippen LogP contribution >= 0.6 is 0 Å². The van der Waals surface area contributed by atoms with E-state index in [0.717, 1.165) is 5.92 Å². The minimum atomic E-state index is 1.01. The molecular weight excluding hydrogens is 163 g/mol. The van der Waals surface area contributed by atoms with Gasteiger partial charge < -0.3 is 0 Å². The maximum atomic E-state index is 2.43. The predicted molar refractivity (Wildman–Crippen MR) is 28.0 cm³/mol. The first-order valence-corrected chi connectivity index (χ1v) is 4.36. The number of rotatable bonds is 1. The molecule has 0 aromatic heterocycles. The van der Waals surface area contributed by atoms with Crippen molar-refractivity contribution >= 4 is 3.71 Å². The van der Waals surface area contributed by atoms with Crippen molar-refractivity contribution in [3.8, 4) is 0 Å². The first-order valence-electron chi connectivity index (χ1n) is 2.94. The quantitative estimate of drug-likeness (QED) is 0.564. The van der Waals surface area contributed by atoms with Gasteiger partial charge in [0, 0.05) is 0 Å². The molecule has 0 radical (unpaired) electrons. The summed E-state index contributed by atoms with van der Waals surface area (Å²) in [6, 6.07) is 0. The molecule has 1 fully saturated rings. The van der Waals surface area contributed by atoms with Crippen molar-refractivity contribution in [1.29, 1.82) is 0 Å². The van der Waals surface area contributed by atoms with Crippen LogP contribution in [-0.4, -0.2) is 3.71 Å². The van der Waals surface area contributed by atoms with Crippen LogP contribution in [-0.2, 0) is 24.2 Å². The van der Waals surface area contributed by atoms with E-state index in [1.165, 1.54) is 25.7 Å². The fourth-order valence-corrected chi connectivity index (χ4v) is 1.94. The molecule has 0 N–H and O–H groups in total. The molecule has 0 unspecified atom stereocenters. The SMILES string of the molecule is [Zr+2]=[CH]C1CCCC1. The average molecular weight is 173 g/mol. The molecule has 0 atom stereocenters. The van der Waals surface area contributed by atoms with Gasteiger partial charge >= 0.3 is 59.5 Å². The van der Waals surface area contributed by atoms with E-state index in [4.69, 9.17) is 0 Å². The Morgan fingerprint density at radius 2 is 1.86 bits per heavy atom. The Morgan fingerprint density at radius 3 is 2.14 bits per heavy atom. The molecule has 0 aromatic rings. The molecule has 1 aliphatic carbocycles. The van der Waals surface area contributed by atoms with Gasteiger partial charge in [-0.05, 0) is 0 Å². The summed E-state index contributed by atoms with van der Waals surface area (Å²) in [6.07, 6.45) is 5.92. The fourth-order valence-electron chi connectivity index (χ4n) is 1.12. The molecule has 1 saturated carbocycles. The van der Waals surface area contributed by atoms with Gasteiger partial charge in [-0.1, -0.05) is 0 Å². The van der Waals surface area contributed by atoms with E-state index in [1.807, 2.05) is 0 Å². The van der Waals surface area contributed by atoms with Gasteiger partial charge in [0.1, 0.15) is 0 Å². The van der Waals surface area contributed by atoms with Crippen LogP contribution < -0.4 is 0 Å². The molecule has 1 rings (SSSR count). The third-order valence-electron chi connectivity index (χ3n) is 1.64. The second-order valence-corrected chi connectivity index (χ2v) is 3.03. The molecule has 0 aliphatic heterocycles. The zero-order chi connectivity index (χ0) is 5.11. The zero-order valence-corrected chi connectivity index (χ0v) is 6.94. The van der Waals surface area contributed by atoms with Crippen molar-refractivity contribution < 1.29 is 24.2 Å². The van der Waals surface area contributed by atoms with Gasteiger partial charge in [-0.15, -0.1) is 0 Å². The summed E-state index contributed by atoms with van der Waals surface area (Å²) in [7, 11) is 0. The Bertz CT molecular complexity index is 62.6. The molecule has 0 heterocycles. The van der Waals surface area contributed by atoms with Crippen LogP contribution in [0.3, 0.4) is 0 Å². The Kier molecular flexibility index (Phi) is 2.45. The van der Waals surface area contributed by atoms with Gasteiger partial charge in [0.25, 0.3) is 0 Å². The third kappa shape index (κ3) is 1.60. The fraction of sp³-hybridized carbons (Fsp3) is 0.833. The number of hydrogen-bond donors (Lipinski definition) is 0. The van der Waals surface area contributed by atoms with Gasteiger partial charge in [-0.3, -0.25) is 0 Å². The van der Waals surface area contributed by atoms with Gasteiger partial charge in [0.2, 0.25) is 0 Å². The van der Waals surface area contributed by atoms with Crippen LogP contribution in [0.1, 0.15) is 25.7 Å². The van der Waals surface area contributed by atoms with Crippen molar-refractivity contribution in [2.24, 2.45) is 5.92 Å². The molecule has 1 aliphatic rings. The Balaban J connectivity index is 2.26. The summed E-state index contributed by atoms with van der Waals surface area (Å²) < 4.78 is 2.43. The second-order valence-electron chi connectivity index (χ2n) is 2.21. The van der Waals surface area contributed by atoms with E-state index in [-0.39, 0.29) is 0 Å². The molecule has 0 aromatic carbocycles. The van der Waals surface area contributed by atoms with Gasteiger partial charge in [-0.25, -0.2) is 0 Å². The summed E-state index contributed by atoms with van der Waals surface area (Å²) in [6.45, 7) is 0. The molecule has 0 amide bonds. The molecule has 7 heavy (non-hydrogen) atoms. The van der Waals surface area contributed by atoms with Crippen molar-refractivity contribution in [1.82, 2.24) is 0 Å². The Morgan fingerprint density at radius 1 is 1.29 bits per heavy atom. The van der Waals surface area contributed by atoms with E-state index in [9.17, 15) is 0 Å². The molecule has 1 heteroatoms. The molecule has 0 nitrogen and oxygen atoms in total. The molecule has 36 valence electrons. The summed E-state index contributed by atoms with van der Waals surface area (Å²) in [5.41, 5.74) is 0. The van der Waals surface area contributed by atoms with E-state index in [0.29, 0.717) is 0 Å². The van der Waals surface area contributed by atoms with Crippen LogP contribution in [0.5, 0.6) is 0 Å². The standard InChI is InChI=1S/C6H10.Zr/c1-6-4-2-3-5-6;/h1,6H,2-5H2;/q;+2. The van der Waals surface area contributed by atoms with E-state index in [1.54, 1.807) is 24.2 Å². The van der Waals surface area contributed by atoms with E-state index < -0.39 is 0 Å². The monoisotopic (exact) mass is 172 g/mol. The average Bonchev–Trinajstić information content (AvgIpc) is 2.14. The molecule has 0 spiro atoms. The second kappa shape index (κ2) is 2.92. The normalized spacial score (nSPS) is 23.1. The van der Waals surface area contributed by atoms with Gasteiger partial charge in [-0.2, -0.15) is 0 Å². The van der Waals surface area contributed by atoms with Gasteiger partial charge in [0.15, 0.2) is 0 Å². The van der Waals surface area contributed by atoms with Crippen LogP contribution in [0, 0.1) is 5.92 Å². The zero-order valence-electron chi connectivity index (χ0n) is 4.48. The van der Waals surface area contributed by atoms with Crippen molar-refractivity contribution in [2.45, 2.75) is 25.7 Å². The first-order chi connectivity index (χ1) is 3.43. The molecule has 0 saturated heterocycles. The molecule has 0 bridgehead atoms. The summed E-state index contributed by atoms with van der Waals surface area (Å²) in [5, 5.41) is 0. The van der Waals surface area contributed by atoms with Crippen LogP contribution in [0.4, 0.5) is 0 Å². The summed E-state index contributed by atoms with van der Waals surface area (Å²) in [5.74, 6) is 1.01. The topological polar surface area (TPSA) is 0 Å². The van der Waals surface area contributed by atoms with E-state index in [2.05, 4.69) is 3.71 Å². The van der Waals surface area contributed by atoms with Crippen LogP contribution in [0.15, 0.2) is 0 Å². The Hall–Kier alpha value is 0.753. The Labute approximate surface area is 59.6 Å². The summed E-state index contributed by atoms with van der Waals surface area (Å²) in [4.78, 5) is 0. The van der Waals surface area contributed by atoms with Crippen LogP contribution in [0.2, 0.25) is 0 Å². The minimum absolute atomic E-state index is 1.01. The van der Waals surface area contributed by atoms with Crippen molar-refractivity contribution in [3.05, 3.63) is 0 Å². The maximum absolute atomic E-state index is 2.43. The van der Waals surface area contributed by atoms with Crippen molar-refractivity contribution in [2.75, 3.05) is 0 Å². The summed E-state index contributed by atoms with van der Waals surface area (Å²) >= 11 is 1.61. The van der Waals surface area contributed by atoms with Crippen LogP contribution in [0.25, 0.3) is 0 Å². The first kappa shape index (κ1) is 5.88.